The maximum atomic E-state index is 3.12. The molecule has 12 heavy (non-hydrogen) atoms. The smallest absolute Gasteiger partial charge is 0.0281 e. The first-order valence-electron chi connectivity index (χ1n) is 4.20. The van der Waals surface area contributed by atoms with Crippen LogP contribution in [0.4, 0.5) is 0 Å². The Morgan fingerprint density at radius 1 is 1.17 bits per heavy atom. The molecular formula is C10H12N2. The normalized spacial score (nSPS) is 19.5. The van der Waals surface area contributed by atoms with Crippen LogP contribution in [0.1, 0.15) is 12.0 Å². The molecule has 2 rings (SSSR count). The zero-order chi connectivity index (χ0) is 8.23. The standard InChI is InChI=1S/C10H12N2/c1-2-4-9(5-3-1)8-10-6-7-11-12-10/h1-5,8,11-12H,6-7H2. The molecule has 0 bridgehead atoms. The van der Waals surface area contributed by atoms with E-state index < -0.39 is 0 Å². The summed E-state index contributed by atoms with van der Waals surface area (Å²) in [5.41, 5.74) is 8.71. The van der Waals surface area contributed by atoms with Crippen molar-refractivity contribution >= 4 is 6.08 Å². The van der Waals surface area contributed by atoms with Crippen molar-refractivity contribution in [3.05, 3.63) is 41.6 Å². The third-order valence-electron chi connectivity index (χ3n) is 1.91. The van der Waals surface area contributed by atoms with Crippen LogP contribution in [-0.4, -0.2) is 6.54 Å². The van der Waals surface area contributed by atoms with Gasteiger partial charge < -0.3 is 5.43 Å². The van der Waals surface area contributed by atoms with Crippen LogP contribution in [0.15, 0.2) is 36.0 Å². The van der Waals surface area contributed by atoms with E-state index in [1.54, 1.807) is 0 Å². The molecule has 0 saturated carbocycles. The molecular weight excluding hydrogens is 148 g/mol. The fourth-order valence-corrected chi connectivity index (χ4v) is 1.29. The van der Waals surface area contributed by atoms with E-state index in [4.69, 9.17) is 0 Å². The summed E-state index contributed by atoms with van der Waals surface area (Å²) in [5, 5.41) is 0. The Morgan fingerprint density at radius 3 is 2.67 bits per heavy atom. The maximum Gasteiger partial charge on any atom is 0.0281 e. The van der Waals surface area contributed by atoms with E-state index in [0.29, 0.717) is 0 Å². The summed E-state index contributed by atoms with van der Waals surface area (Å²) in [5.74, 6) is 0. The van der Waals surface area contributed by atoms with Gasteiger partial charge in [-0.05, 0) is 11.6 Å². The highest BCUT2D eigenvalue weighted by Gasteiger charge is 2.02. The largest absolute Gasteiger partial charge is 0.326 e. The van der Waals surface area contributed by atoms with Gasteiger partial charge in [0.1, 0.15) is 0 Å². The Labute approximate surface area is 72.3 Å². The molecule has 0 amide bonds. The van der Waals surface area contributed by atoms with Crippen molar-refractivity contribution in [1.82, 2.24) is 10.9 Å². The predicted molar refractivity (Wildman–Crippen MR) is 50.2 cm³/mol. The Balaban J connectivity index is 2.16. The number of rotatable bonds is 1. The zero-order valence-electron chi connectivity index (χ0n) is 6.88. The first-order chi connectivity index (χ1) is 5.95. The van der Waals surface area contributed by atoms with E-state index >= 15 is 0 Å². The van der Waals surface area contributed by atoms with E-state index in [-0.39, 0.29) is 0 Å². The van der Waals surface area contributed by atoms with E-state index in [0.717, 1.165) is 13.0 Å². The maximum absolute atomic E-state index is 3.12. The number of hydrazine groups is 1. The molecule has 0 aliphatic carbocycles. The zero-order valence-corrected chi connectivity index (χ0v) is 6.88. The molecule has 0 radical (unpaired) electrons. The van der Waals surface area contributed by atoms with Crippen LogP contribution in [0.5, 0.6) is 0 Å². The van der Waals surface area contributed by atoms with Gasteiger partial charge in [0.15, 0.2) is 0 Å². The third-order valence-corrected chi connectivity index (χ3v) is 1.91. The lowest BCUT2D eigenvalue weighted by Gasteiger charge is -1.97. The van der Waals surface area contributed by atoms with Crippen LogP contribution in [-0.2, 0) is 0 Å². The van der Waals surface area contributed by atoms with Gasteiger partial charge in [0.25, 0.3) is 0 Å². The van der Waals surface area contributed by atoms with Crippen molar-refractivity contribution in [2.24, 2.45) is 0 Å². The summed E-state index contributed by atoms with van der Waals surface area (Å²) in [4.78, 5) is 0. The van der Waals surface area contributed by atoms with Gasteiger partial charge in [0.2, 0.25) is 0 Å². The summed E-state index contributed by atoms with van der Waals surface area (Å²) in [7, 11) is 0. The van der Waals surface area contributed by atoms with Crippen molar-refractivity contribution in [3.63, 3.8) is 0 Å². The second-order valence-electron chi connectivity index (χ2n) is 2.88. The molecule has 1 aromatic carbocycles. The van der Waals surface area contributed by atoms with Crippen LogP contribution < -0.4 is 10.9 Å². The van der Waals surface area contributed by atoms with Crippen LogP contribution in [0.25, 0.3) is 6.08 Å². The monoisotopic (exact) mass is 160 g/mol. The van der Waals surface area contributed by atoms with Gasteiger partial charge in [-0.15, -0.1) is 0 Å². The summed E-state index contributed by atoms with van der Waals surface area (Å²) >= 11 is 0. The van der Waals surface area contributed by atoms with Crippen molar-refractivity contribution in [3.8, 4) is 0 Å². The van der Waals surface area contributed by atoms with Crippen molar-refractivity contribution in [2.75, 3.05) is 6.54 Å². The van der Waals surface area contributed by atoms with Crippen LogP contribution in [0.3, 0.4) is 0 Å². The van der Waals surface area contributed by atoms with Gasteiger partial charge in [-0.2, -0.15) is 0 Å². The lowest BCUT2D eigenvalue weighted by molar-refractivity contribution is 0.723. The molecule has 1 aromatic rings. The minimum atomic E-state index is 1.03. The van der Waals surface area contributed by atoms with Crippen molar-refractivity contribution in [2.45, 2.75) is 6.42 Å². The topological polar surface area (TPSA) is 24.1 Å². The molecule has 0 atom stereocenters. The highest BCUT2D eigenvalue weighted by Crippen LogP contribution is 2.08. The highest BCUT2D eigenvalue weighted by molar-refractivity contribution is 5.52. The van der Waals surface area contributed by atoms with Gasteiger partial charge in [-0.3, -0.25) is 0 Å². The minimum Gasteiger partial charge on any atom is -0.326 e. The Morgan fingerprint density at radius 2 is 2.00 bits per heavy atom. The summed E-state index contributed by atoms with van der Waals surface area (Å²) < 4.78 is 0. The average molecular weight is 160 g/mol. The molecule has 0 unspecified atom stereocenters. The van der Waals surface area contributed by atoms with Crippen LogP contribution in [0.2, 0.25) is 0 Å². The van der Waals surface area contributed by atoms with Crippen molar-refractivity contribution in [1.29, 1.82) is 0 Å². The molecule has 1 saturated heterocycles. The Hall–Kier alpha value is -1.28. The van der Waals surface area contributed by atoms with E-state index in [1.807, 2.05) is 6.07 Å². The summed E-state index contributed by atoms with van der Waals surface area (Å²) in [6, 6.07) is 10.3. The van der Waals surface area contributed by atoms with E-state index in [2.05, 4.69) is 41.2 Å². The minimum absolute atomic E-state index is 1.03. The summed E-state index contributed by atoms with van der Waals surface area (Å²) in [6.45, 7) is 1.03. The van der Waals surface area contributed by atoms with Crippen LogP contribution in [0, 0.1) is 0 Å². The number of benzene rings is 1. The molecule has 1 fully saturated rings. The first-order valence-corrected chi connectivity index (χ1v) is 4.20. The molecule has 0 aromatic heterocycles. The predicted octanol–water partition coefficient (Wildman–Crippen LogP) is 1.53. The second-order valence-corrected chi connectivity index (χ2v) is 2.88. The molecule has 1 heterocycles. The van der Waals surface area contributed by atoms with Crippen LogP contribution >= 0.6 is 0 Å². The fourth-order valence-electron chi connectivity index (χ4n) is 1.29. The molecule has 2 heteroatoms. The Bertz CT molecular complexity index is 269. The third kappa shape index (κ3) is 1.66. The second kappa shape index (κ2) is 3.41. The first kappa shape index (κ1) is 7.37. The molecule has 2 N–H and O–H groups in total. The van der Waals surface area contributed by atoms with E-state index in [9.17, 15) is 0 Å². The molecule has 0 spiro atoms. The molecule has 1 aliphatic heterocycles. The highest BCUT2D eigenvalue weighted by atomic mass is 15.4. The fraction of sp³-hybridized carbons (Fsp3) is 0.200. The Kier molecular flexibility index (Phi) is 2.10. The number of hydrogen-bond donors (Lipinski definition) is 2. The lowest BCUT2D eigenvalue weighted by Crippen LogP contribution is -2.20. The molecule has 62 valence electrons. The van der Waals surface area contributed by atoms with Gasteiger partial charge in [0, 0.05) is 18.7 Å². The molecule has 2 nitrogen and oxygen atoms in total. The van der Waals surface area contributed by atoms with Gasteiger partial charge >= 0.3 is 0 Å². The average Bonchev–Trinajstić information content (AvgIpc) is 2.59. The number of hydrogen-bond acceptors (Lipinski definition) is 2. The van der Waals surface area contributed by atoms with Gasteiger partial charge in [-0.25, -0.2) is 5.43 Å². The lowest BCUT2D eigenvalue weighted by atomic mass is 10.2. The van der Waals surface area contributed by atoms with E-state index in [1.165, 1.54) is 11.3 Å². The molecule has 1 aliphatic rings. The van der Waals surface area contributed by atoms with Crippen molar-refractivity contribution < 1.29 is 0 Å². The van der Waals surface area contributed by atoms with Gasteiger partial charge in [-0.1, -0.05) is 30.3 Å². The SMILES string of the molecule is C(=C1CCNN1)c1ccccc1. The van der Waals surface area contributed by atoms with Gasteiger partial charge in [0.05, 0.1) is 0 Å². The number of nitrogens with one attached hydrogen (secondary N) is 2. The summed E-state index contributed by atoms with van der Waals surface area (Å²) in [6.07, 6.45) is 3.26. The quantitative estimate of drug-likeness (QED) is 0.651.